The highest BCUT2D eigenvalue weighted by molar-refractivity contribution is 5.94. The number of amides is 2. The number of rotatable bonds is 4. The molecule has 9 heteroatoms. The molecule has 31 heavy (non-hydrogen) atoms. The Bertz CT molecular complexity index is 945. The van der Waals surface area contributed by atoms with Crippen molar-refractivity contribution in [2.24, 2.45) is 0 Å². The zero-order valence-electron chi connectivity index (χ0n) is 18.3. The van der Waals surface area contributed by atoms with Crippen molar-refractivity contribution >= 4 is 11.8 Å². The highest BCUT2D eigenvalue weighted by Gasteiger charge is 2.54. The van der Waals surface area contributed by atoms with E-state index in [0.717, 1.165) is 17.7 Å². The van der Waals surface area contributed by atoms with E-state index in [0.29, 0.717) is 50.3 Å². The Kier molecular flexibility index (Phi) is 5.65. The number of aromatic nitrogens is 3. The van der Waals surface area contributed by atoms with Gasteiger partial charge in [-0.3, -0.25) is 14.7 Å². The Balaban J connectivity index is 1.45. The molecule has 2 fully saturated rings. The molecule has 4 N–H and O–H groups in total. The van der Waals surface area contributed by atoms with E-state index < -0.39 is 17.2 Å². The molecule has 2 aromatic rings. The smallest absolute Gasteiger partial charge is 0.274 e. The largest absolute Gasteiger partial charge is 0.388 e. The van der Waals surface area contributed by atoms with Crippen LogP contribution in [0.3, 0.4) is 0 Å². The van der Waals surface area contributed by atoms with Crippen LogP contribution in [0.15, 0.2) is 18.3 Å². The van der Waals surface area contributed by atoms with Crippen molar-refractivity contribution in [3.05, 3.63) is 41.0 Å². The van der Waals surface area contributed by atoms with Crippen LogP contribution in [0.25, 0.3) is 0 Å². The van der Waals surface area contributed by atoms with Gasteiger partial charge in [0.25, 0.3) is 11.8 Å². The zero-order chi connectivity index (χ0) is 22.2. The number of aliphatic hydroxyl groups excluding tert-OH is 1. The number of hydrogen-bond acceptors (Lipinski definition) is 5. The van der Waals surface area contributed by atoms with Crippen LogP contribution in [0.1, 0.15) is 65.3 Å². The van der Waals surface area contributed by atoms with Crippen LogP contribution < -0.4 is 5.32 Å². The maximum absolute atomic E-state index is 13.0. The Hall–Kier alpha value is -2.65. The number of nitrogens with zero attached hydrogens (tertiary/aromatic N) is 2. The number of aromatic amines is 2. The molecule has 4 rings (SSSR count). The van der Waals surface area contributed by atoms with Gasteiger partial charge in [-0.1, -0.05) is 6.92 Å². The van der Waals surface area contributed by atoms with Crippen LogP contribution in [0.2, 0.25) is 0 Å². The Morgan fingerprint density at radius 1 is 1.35 bits per heavy atom. The first-order valence-corrected chi connectivity index (χ1v) is 10.9. The number of aryl methyl sites for hydroxylation is 1. The Labute approximate surface area is 181 Å². The summed E-state index contributed by atoms with van der Waals surface area (Å²) in [6.45, 7) is 7.15. The van der Waals surface area contributed by atoms with Gasteiger partial charge in [-0.05, 0) is 51.7 Å². The van der Waals surface area contributed by atoms with Gasteiger partial charge in [0, 0.05) is 37.2 Å². The van der Waals surface area contributed by atoms with Crippen LogP contribution in [0.4, 0.5) is 0 Å². The molecule has 0 bridgehead atoms. The van der Waals surface area contributed by atoms with E-state index in [4.69, 9.17) is 4.74 Å². The zero-order valence-corrected chi connectivity index (χ0v) is 18.3. The first kappa shape index (κ1) is 21.6. The molecule has 168 valence electrons. The van der Waals surface area contributed by atoms with Gasteiger partial charge in [-0.2, -0.15) is 5.10 Å². The molecule has 0 aliphatic carbocycles. The van der Waals surface area contributed by atoms with Crippen molar-refractivity contribution in [2.45, 2.75) is 63.7 Å². The summed E-state index contributed by atoms with van der Waals surface area (Å²) in [7, 11) is 0. The Morgan fingerprint density at radius 3 is 2.71 bits per heavy atom. The van der Waals surface area contributed by atoms with E-state index in [-0.39, 0.29) is 11.8 Å². The predicted octanol–water partition coefficient (Wildman–Crippen LogP) is 1.55. The molecule has 2 atom stereocenters. The molecule has 2 aliphatic heterocycles. The van der Waals surface area contributed by atoms with E-state index in [1.54, 1.807) is 23.2 Å². The summed E-state index contributed by atoms with van der Waals surface area (Å²) >= 11 is 0. The van der Waals surface area contributed by atoms with Crippen molar-refractivity contribution in [3.63, 3.8) is 0 Å². The number of carbonyl (C=O) groups excluding carboxylic acids is 2. The lowest BCUT2D eigenvalue weighted by atomic mass is 9.73. The summed E-state index contributed by atoms with van der Waals surface area (Å²) in [4.78, 5) is 30.2. The van der Waals surface area contributed by atoms with Gasteiger partial charge in [0.15, 0.2) is 5.69 Å². The molecule has 1 spiro atoms. The van der Waals surface area contributed by atoms with Crippen LogP contribution in [-0.2, 0) is 11.2 Å². The van der Waals surface area contributed by atoms with Gasteiger partial charge in [-0.25, -0.2) is 0 Å². The lowest BCUT2D eigenvalue weighted by Gasteiger charge is -2.53. The fraction of sp³-hybridized carbons (Fsp3) is 0.591. The molecule has 2 amide bonds. The average molecular weight is 430 g/mol. The van der Waals surface area contributed by atoms with Crippen molar-refractivity contribution in [1.82, 2.24) is 25.4 Å². The molecular weight excluding hydrogens is 398 g/mol. The van der Waals surface area contributed by atoms with E-state index >= 15 is 0 Å². The highest BCUT2D eigenvalue weighted by Crippen LogP contribution is 2.40. The molecule has 9 nitrogen and oxygen atoms in total. The lowest BCUT2D eigenvalue weighted by Crippen LogP contribution is -2.69. The van der Waals surface area contributed by atoms with Crippen LogP contribution in [0, 0.1) is 6.92 Å². The minimum atomic E-state index is -0.885. The predicted molar refractivity (Wildman–Crippen MR) is 114 cm³/mol. The maximum Gasteiger partial charge on any atom is 0.274 e. The number of carbonyl (C=O) groups is 2. The monoisotopic (exact) mass is 429 g/mol. The summed E-state index contributed by atoms with van der Waals surface area (Å²) in [6.07, 6.45) is 3.11. The second-order valence-corrected chi connectivity index (χ2v) is 8.84. The van der Waals surface area contributed by atoms with Gasteiger partial charge >= 0.3 is 0 Å². The lowest BCUT2D eigenvalue weighted by molar-refractivity contribution is -0.203. The number of likely N-dealkylation sites (tertiary alicyclic amines) is 1. The summed E-state index contributed by atoms with van der Waals surface area (Å²) in [6, 6.07) is 3.46. The first-order chi connectivity index (χ1) is 14.8. The average Bonchev–Trinajstić information content (AvgIpc) is 3.42. The number of aliphatic hydroxyl groups is 1. The van der Waals surface area contributed by atoms with Gasteiger partial charge in [-0.15, -0.1) is 0 Å². The topological polar surface area (TPSA) is 123 Å². The molecule has 0 aromatic carbocycles. The minimum Gasteiger partial charge on any atom is -0.388 e. The molecule has 4 heterocycles. The fourth-order valence-corrected chi connectivity index (χ4v) is 4.83. The van der Waals surface area contributed by atoms with Crippen LogP contribution in [0.5, 0.6) is 0 Å². The molecule has 0 unspecified atom stereocenters. The molecule has 0 saturated carbocycles. The second kappa shape index (κ2) is 8.12. The third-order valence-corrected chi connectivity index (χ3v) is 6.92. The van der Waals surface area contributed by atoms with Crippen LogP contribution in [-0.4, -0.2) is 73.9 Å². The summed E-state index contributed by atoms with van der Waals surface area (Å²) in [5.74, 6) is -0.353. The van der Waals surface area contributed by atoms with E-state index in [1.807, 2.05) is 20.8 Å². The number of piperidine rings is 1. The number of ether oxygens (including phenoxy) is 1. The number of nitrogens with one attached hydrogen (secondary N) is 3. The highest BCUT2D eigenvalue weighted by atomic mass is 16.5. The first-order valence-electron chi connectivity index (χ1n) is 10.9. The normalized spacial score (nSPS) is 25.5. The van der Waals surface area contributed by atoms with Crippen molar-refractivity contribution in [3.8, 4) is 0 Å². The summed E-state index contributed by atoms with van der Waals surface area (Å²) in [5.41, 5.74) is 1.16. The van der Waals surface area contributed by atoms with Gasteiger partial charge < -0.3 is 25.0 Å². The Morgan fingerprint density at radius 2 is 2.10 bits per heavy atom. The maximum atomic E-state index is 13.0. The molecule has 2 saturated heterocycles. The van der Waals surface area contributed by atoms with Crippen molar-refractivity contribution < 1.29 is 19.4 Å². The second-order valence-electron chi connectivity index (χ2n) is 8.84. The standard InChI is InChI=1S/C22H31N5O4/c1-4-15-14(2)17(26-25-15)19(29)27-11-7-22(8-12-27)20(30)21(3,9-13-31-22)24-18(28)16-6-5-10-23-16/h5-6,10,20,23,30H,4,7-9,11-13H2,1-3H3,(H,24,28)(H,25,26)/t20-,21+/m1/s1. The van der Waals surface area contributed by atoms with E-state index in [9.17, 15) is 14.7 Å². The molecule has 2 aliphatic rings. The van der Waals surface area contributed by atoms with Crippen LogP contribution >= 0.6 is 0 Å². The fourth-order valence-electron chi connectivity index (χ4n) is 4.83. The summed E-state index contributed by atoms with van der Waals surface area (Å²) < 4.78 is 6.10. The van der Waals surface area contributed by atoms with Gasteiger partial charge in [0.05, 0.1) is 11.1 Å². The molecular formula is C22H31N5O4. The third kappa shape index (κ3) is 3.76. The number of hydrogen-bond donors (Lipinski definition) is 4. The minimum absolute atomic E-state index is 0.101. The van der Waals surface area contributed by atoms with E-state index in [2.05, 4.69) is 20.5 Å². The summed E-state index contributed by atoms with van der Waals surface area (Å²) in [5, 5.41) is 21.5. The quantitative estimate of drug-likeness (QED) is 0.587. The molecule has 2 aromatic heterocycles. The third-order valence-electron chi connectivity index (χ3n) is 6.92. The van der Waals surface area contributed by atoms with Crippen molar-refractivity contribution in [2.75, 3.05) is 19.7 Å². The van der Waals surface area contributed by atoms with Crippen molar-refractivity contribution in [1.29, 1.82) is 0 Å². The SMILES string of the molecule is CCc1[nH]nc(C(=O)N2CCC3(CC2)OCC[C@](C)(NC(=O)c2ccc[nH]2)[C@H]3O)c1C. The molecule has 0 radical (unpaired) electrons. The van der Waals surface area contributed by atoms with E-state index in [1.165, 1.54) is 0 Å². The van der Waals surface area contributed by atoms with Gasteiger partial charge in [0.1, 0.15) is 11.8 Å². The van der Waals surface area contributed by atoms with Gasteiger partial charge in [0.2, 0.25) is 0 Å². The number of H-pyrrole nitrogens is 2.